The molecule has 0 spiro atoms. The normalized spacial score (nSPS) is 30.7. The molecule has 31 heavy (non-hydrogen) atoms. The summed E-state index contributed by atoms with van der Waals surface area (Å²) in [5.74, 6) is -2.67. The number of rotatable bonds is 6. The molecule has 1 rings (SSSR count). The quantitative estimate of drug-likeness (QED) is 0.176. The van der Waals surface area contributed by atoms with Crippen LogP contribution in [-0.4, -0.2) is 80.0 Å². The zero-order chi connectivity index (χ0) is 24.2. The zero-order valence-corrected chi connectivity index (χ0v) is 20.1. The maximum Gasteiger partial charge on any atom is 0.409 e. The highest BCUT2D eigenvalue weighted by Gasteiger charge is 2.67. The van der Waals surface area contributed by atoms with Crippen LogP contribution in [0.2, 0.25) is 0 Å². The molecule has 1 aliphatic heterocycles. The predicted molar refractivity (Wildman–Crippen MR) is 106 cm³/mol. The smallest absolute Gasteiger partial charge is 0.409 e. The van der Waals surface area contributed by atoms with E-state index in [4.69, 9.17) is 53.8 Å². The van der Waals surface area contributed by atoms with Crippen LogP contribution in [0.5, 0.6) is 0 Å². The highest BCUT2D eigenvalue weighted by atomic mass is 79.9. The number of alkyl halides is 4. The summed E-state index contributed by atoms with van der Waals surface area (Å²) in [6.45, 7) is 1.65. The van der Waals surface area contributed by atoms with Gasteiger partial charge in [0.15, 0.2) is 12.2 Å². The van der Waals surface area contributed by atoms with Gasteiger partial charge in [0.05, 0.1) is 0 Å². The molecule has 0 unspecified atom stereocenters. The van der Waals surface area contributed by atoms with Gasteiger partial charge < -0.3 is 33.9 Å². The number of esters is 3. The fourth-order valence-corrected chi connectivity index (χ4v) is 3.17. The number of hydrogen-bond donors (Lipinski definition) is 3. The highest BCUT2D eigenvalue weighted by molar-refractivity contribution is 9.10. The van der Waals surface area contributed by atoms with Crippen LogP contribution < -0.4 is 5.32 Å². The molecule has 1 amide bonds. The first-order chi connectivity index (χ1) is 14.0. The number of carbonyl (C=O) groups excluding carboxylic acids is 4. The monoisotopic (exact) mass is 573 g/mol. The van der Waals surface area contributed by atoms with Crippen LogP contribution in [0.15, 0.2) is 0 Å². The summed E-state index contributed by atoms with van der Waals surface area (Å²) in [5, 5.41) is 23.6. The second-order valence-electron chi connectivity index (χ2n) is 6.21. The van der Waals surface area contributed by atoms with Crippen LogP contribution in [0.3, 0.4) is 0 Å². The Morgan fingerprint density at radius 3 is 2.03 bits per heavy atom. The molecule has 178 valence electrons. The number of alkyl carbamates (subject to hydrolysis) is 1. The van der Waals surface area contributed by atoms with Crippen molar-refractivity contribution < 1.29 is 53.1 Å². The Hall–Kier alpha value is -1.09. The lowest BCUT2D eigenvalue weighted by molar-refractivity contribution is -0.352. The van der Waals surface area contributed by atoms with Gasteiger partial charge in [0.25, 0.3) is 4.70 Å². The summed E-state index contributed by atoms with van der Waals surface area (Å²) < 4.78 is 19.9. The van der Waals surface area contributed by atoms with Crippen molar-refractivity contribution in [2.24, 2.45) is 0 Å². The van der Waals surface area contributed by atoms with Crippen LogP contribution in [0.4, 0.5) is 4.79 Å². The average Bonchev–Trinajstić information content (AvgIpc) is 2.57. The summed E-state index contributed by atoms with van der Waals surface area (Å²) in [6, 6.07) is 0. The van der Waals surface area contributed by atoms with Gasteiger partial charge in [0.1, 0.15) is 19.3 Å². The van der Waals surface area contributed by atoms with Crippen molar-refractivity contribution in [2.75, 3.05) is 13.2 Å². The summed E-state index contributed by atoms with van der Waals surface area (Å²) in [5.41, 5.74) is -3.02. The molecule has 0 saturated carbocycles. The number of halogens is 4. The third-order valence-corrected chi connectivity index (χ3v) is 4.68. The van der Waals surface area contributed by atoms with E-state index in [-0.39, 0.29) is 0 Å². The minimum absolute atomic E-state index is 0.591. The fourth-order valence-electron chi connectivity index (χ4n) is 2.44. The summed E-state index contributed by atoms with van der Waals surface area (Å²) >= 11 is 19.1. The van der Waals surface area contributed by atoms with E-state index in [0.717, 1.165) is 20.8 Å². The number of aliphatic hydroxyl groups is 2. The first-order valence-electron chi connectivity index (χ1n) is 8.29. The topological polar surface area (TPSA) is 167 Å². The van der Waals surface area contributed by atoms with E-state index < -0.39 is 69.7 Å². The lowest BCUT2D eigenvalue weighted by Gasteiger charge is -2.51. The van der Waals surface area contributed by atoms with E-state index in [0.29, 0.717) is 0 Å². The van der Waals surface area contributed by atoms with Crippen molar-refractivity contribution in [2.45, 2.75) is 53.3 Å². The Kier molecular flexibility index (Phi) is 9.63. The van der Waals surface area contributed by atoms with Gasteiger partial charge in [-0.15, -0.1) is 0 Å². The first kappa shape index (κ1) is 27.9. The molecule has 3 N–H and O–H groups in total. The number of ether oxygens (including phenoxy) is 5. The van der Waals surface area contributed by atoms with Gasteiger partial charge in [-0.25, -0.2) is 4.79 Å². The van der Waals surface area contributed by atoms with E-state index in [2.05, 4.69) is 20.7 Å². The Morgan fingerprint density at radius 2 is 1.58 bits per heavy atom. The number of amides is 1. The largest absolute Gasteiger partial charge is 0.463 e. The molecule has 0 radical (unpaired) electrons. The molecule has 1 aliphatic rings. The van der Waals surface area contributed by atoms with Crippen molar-refractivity contribution in [3.8, 4) is 0 Å². The predicted octanol–water partition coefficient (Wildman–Crippen LogP) is 0.638. The number of hydrogen-bond acceptors (Lipinski definition) is 11. The van der Waals surface area contributed by atoms with Gasteiger partial charge in [-0.2, -0.15) is 0 Å². The molecule has 0 aromatic rings. The van der Waals surface area contributed by atoms with Gasteiger partial charge >= 0.3 is 24.0 Å². The Labute approximate surface area is 199 Å². The Balaban J connectivity index is 3.34. The molecule has 1 heterocycles. The molecule has 0 aromatic carbocycles. The third-order valence-electron chi connectivity index (χ3n) is 3.56. The Morgan fingerprint density at radius 1 is 1.03 bits per heavy atom. The van der Waals surface area contributed by atoms with Crippen molar-refractivity contribution in [3.63, 3.8) is 0 Å². The number of carbonyl (C=O) groups is 4. The van der Waals surface area contributed by atoms with E-state index in [9.17, 15) is 29.4 Å². The van der Waals surface area contributed by atoms with Crippen LogP contribution in [0.25, 0.3) is 0 Å². The van der Waals surface area contributed by atoms with Crippen molar-refractivity contribution in [3.05, 3.63) is 0 Å². The van der Waals surface area contributed by atoms with E-state index >= 15 is 0 Å². The number of nitrogens with one attached hydrogen (secondary N) is 1. The van der Waals surface area contributed by atoms with Crippen molar-refractivity contribution >= 4 is 74.7 Å². The zero-order valence-electron chi connectivity index (χ0n) is 16.2. The second kappa shape index (κ2) is 10.7. The minimum Gasteiger partial charge on any atom is -0.463 e. The molecule has 5 atom stereocenters. The molecule has 0 aliphatic carbocycles. The molecular formula is C15H19BrCl3NO11. The summed E-state index contributed by atoms with van der Waals surface area (Å²) in [7, 11) is 0. The van der Waals surface area contributed by atoms with E-state index in [1.54, 1.807) is 0 Å². The van der Waals surface area contributed by atoms with Crippen LogP contribution in [0.1, 0.15) is 20.8 Å². The molecule has 1 saturated heterocycles. The lowest BCUT2D eigenvalue weighted by Crippen LogP contribution is -2.78. The van der Waals surface area contributed by atoms with Crippen molar-refractivity contribution in [1.29, 1.82) is 0 Å². The van der Waals surface area contributed by atoms with Crippen molar-refractivity contribution in [1.82, 2.24) is 5.32 Å². The highest BCUT2D eigenvalue weighted by Crippen LogP contribution is 2.42. The average molecular weight is 576 g/mol. The molecule has 0 bridgehead atoms. The molecule has 16 heteroatoms. The molecular weight excluding hydrogens is 556 g/mol. The molecule has 1 fully saturated rings. The van der Waals surface area contributed by atoms with Gasteiger partial charge in [0.2, 0.25) is 9.52 Å². The SMILES string of the molecule is CC(=O)OC[C@H]1O[C@@](O)(Br)[C@@](O)(NC(=O)OCC(Cl)(Cl)Cl)[C@@H](OC(C)=O)[C@@H]1OC(C)=O. The molecule has 12 nitrogen and oxygen atoms in total. The maximum absolute atomic E-state index is 12.1. The van der Waals surface area contributed by atoms with Crippen LogP contribution in [-0.2, 0) is 38.1 Å². The fraction of sp³-hybridized carbons (Fsp3) is 0.733. The van der Waals surface area contributed by atoms with Gasteiger partial charge in [0, 0.05) is 20.8 Å². The molecule has 0 aromatic heterocycles. The van der Waals surface area contributed by atoms with Gasteiger partial charge in [-0.1, -0.05) is 34.8 Å². The lowest BCUT2D eigenvalue weighted by atomic mass is 9.92. The minimum atomic E-state index is -3.02. The van der Waals surface area contributed by atoms with Gasteiger partial charge in [-0.05, 0) is 15.9 Å². The van der Waals surface area contributed by atoms with E-state index in [1.165, 1.54) is 0 Å². The summed E-state index contributed by atoms with van der Waals surface area (Å²) in [4.78, 5) is 46.6. The second-order valence-corrected chi connectivity index (χ2v) is 9.80. The summed E-state index contributed by atoms with van der Waals surface area (Å²) in [6.07, 6.45) is -6.56. The van der Waals surface area contributed by atoms with Gasteiger partial charge in [-0.3, -0.25) is 19.7 Å². The Bertz CT molecular complexity index is 717. The first-order valence-corrected chi connectivity index (χ1v) is 10.2. The van der Waals surface area contributed by atoms with E-state index in [1.807, 2.05) is 5.32 Å². The van der Waals surface area contributed by atoms with Crippen LogP contribution in [0, 0.1) is 0 Å². The third kappa shape index (κ3) is 8.08. The van der Waals surface area contributed by atoms with Crippen LogP contribution >= 0.6 is 50.7 Å². The maximum atomic E-state index is 12.1. The standard InChI is InChI=1S/C15H19BrCl3NO11/c1-6(21)27-4-9-10(29-7(2)22)11(30-8(3)23)14(25,15(16,26)31-9)20-12(24)28-5-13(17,18)19/h9-11,25-26H,4-5H2,1-3H3,(H,20,24)/t9-,10-,11+,14-,15-/m1/s1.